The van der Waals surface area contributed by atoms with E-state index < -0.39 is 5.97 Å². The van der Waals surface area contributed by atoms with E-state index in [1.54, 1.807) is 31.2 Å². The zero-order chi connectivity index (χ0) is 9.68. The average molecular weight is 214 g/mol. The van der Waals surface area contributed by atoms with Crippen LogP contribution in [-0.2, 0) is 9.53 Å². The third-order valence-electron chi connectivity index (χ3n) is 1.54. The SMILES string of the molecule is CCOC(=O)C(=N)c1ccccc1.Cl. The molecular formula is C10H12ClNO2. The number of nitrogens with one attached hydrogen (secondary N) is 1. The molecule has 0 aliphatic carbocycles. The van der Waals surface area contributed by atoms with Gasteiger partial charge in [-0.15, -0.1) is 12.4 Å². The molecule has 4 heteroatoms. The lowest BCUT2D eigenvalue weighted by atomic mass is 10.1. The average Bonchev–Trinajstić information content (AvgIpc) is 2.18. The molecule has 0 fully saturated rings. The van der Waals surface area contributed by atoms with Crippen molar-refractivity contribution in [2.45, 2.75) is 6.92 Å². The number of ether oxygens (including phenoxy) is 1. The van der Waals surface area contributed by atoms with E-state index in [9.17, 15) is 4.79 Å². The molecule has 14 heavy (non-hydrogen) atoms. The van der Waals surface area contributed by atoms with Gasteiger partial charge in [0.2, 0.25) is 0 Å². The van der Waals surface area contributed by atoms with Gasteiger partial charge in [0.25, 0.3) is 0 Å². The third-order valence-corrected chi connectivity index (χ3v) is 1.54. The predicted molar refractivity (Wildman–Crippen MR) is 57.2 cm³/mol. The number of esters is 1. The number of carbonyl (C=O) groups excluding carboxylic acids is 1. The van der Waals surface area contributed by atoms with Crippen molar-refractivity contribution in [3.05, 3.63) is 35.9 Å². The van der Waals surface area contributed by atoms with Gasteiger partial charge in [-0.1, -0.05) is 30.3 Å². The van der Waals surface area contributed by atoms with E-state index in [1.807, 2.05) is 6.07 Å². The largest absolute Gasteiger partial charge is 0.461 e. The Hall–Kier alpha value is -1.35. The van der Waals surface area contributed by atoms with Crippen LogP contribution < -0.4 is 0 Å². The van der Waals surface area contributed by atoms with Crippen molar-refractivity contribution in [3.63, 3.8) is 0 Å². The molecule has 0 aliphatic heterocycles. The highest BCUT2D eigenvalue weighted by Gasteiger charge is 2.11. The molecule has 1 N–H and O–H groups in total. The fourth-order valence-electron chi connectivity index (χ4n) is 0.926. The van der Waals surface area contributed by atoms with Crippen LogP contribution in [0.25, 0.3) is 0 Å². The first-order valence-corrected chi connectivity index (χ1v) is 4.06. The number of halogens is 1. The Labute approximate surface area is 89.0 Å². The molecular weight excluding hydrogens is 202 g/mol. The second-order valence-electron chi connectivity index (χ2n) is 2.46. The highest BCUT2D eigenvalue weighted by atomic mass is 35.5. The van der Waals surface area contributed by atoms with Crippen LogP contribution in [0, 0.1) is 5.41 Å². The Kier molecular flexibility index (Phi) is 5.56. The van der Waals surface area contributed by atoms with Gasteiger partial charge in [0.1, 0.15) is 5.71 Å². The van der Waals surface area contributed by atoms with Gasteiger partial charge < -0.3 is 4.74 Å². The molecule has 0 aliphatic rings. The normalized spacial score (nSPS) is 8.64. The van der Waals surface area contributed by atoms with E-state index in [0.29, 0.717) is 12.2 Å². The maximum atomic E-state index is 11.1. The van der Waals surface area contributed by atoms with Crippen molar-refractivity contribution < 1.29 is 9.53 Å². The predicted octanol–water partition coefficient (Wildman–Crippen LogP) is 2.04. The molecule has 0 heterocycles. The van der Waals surface area contributed by atoms with Crippen molar-refractivity contribution in [2.75, 3.05) is 6.61 Å². The molecule has 1 aromatic carbocycles. The van der Waals surface area contributed by atoms with Crippen LogP contribution in [0.2, 0.25) is 0 Å². The van der Waals surface area contributed by atoms with Crippen molar-refractivity contribution in [2.24, 2.45) is 0 Å². The minimum absolute atomic E-state index is 0. The van der Waals surface area contributed by atoms with E-state index in [2.05, 4.69) is 0 Å². The second kappa shape index (κ2) is 6.16. The van der Waals surface area contributed by atoms with Crippen LogP contribution in [-0.4, -0.2) is 18.3 Å². The maximum Gasteiger partial charge on any atom is 0.356 e. The molecule has 3 nitrogen and oxygen atoms in total. The van der Waals surface area contributed by atoms with Crippen LogP contribution in [0.15, 0.2) is 30.3 Å². The zero-order valence-corrected chi connectivity index (χ0v) is 8.64. The summed E-state index contributed by atoms with van der Waals surface area (Å²) >= 11 is 0. The summed E-state index contributed by atoms with van der Waals surface area (Å²) in [6.07, 6.45) is 0. The molecule has 0 amide bonds. The van der Waals surface area contributed by atoms with Gasteiger partial charge in [0, 0.05) is 5.56 Å². The van der Waals surface area contributed by atoms with Crippen LogP contribution in [0.5, 0.6) is 0 Å². The lowest BCUT2D eigenvalue weighted by Crippen LogP contribution is -2.17. The molecule has 1 aromatic rings. The third kappa shape index (κ3) is 3.18. The molecule has 0 unspecified atom stereocenters. The molecule has 0 atom stereocenters. The molecule has 0 aromatic heterocycles. The van der Waals surface area contributed by atoms with Crippen molar-refractivity contribution in [3.8, 4) is 0 Å². The lowest BCUT2D eigenvalue weighted by Gasteiger charge is -2.02. The highest BCUT2D eigenvalue weighted by molar-refractivity contribution is 6.41. The van der Waals surface area contributed by atoms with Gasteiger partial charge in [0.15, 0.2) is 0 Å². The Balaban J connectivity index is 0.00000169. The van der Waals surface area contributed by atoms with Gasteiger partial charge in [0.05, 0.1) is 6.61 Å². The monoisotopic (exact) mass is 213 g/mol. The number of rotatable bonds is 3. The second-order valence-corrected chi connectivity index (χ2v) is 2.46. The van der Waals surface area contributed by atoms with E-state index in [1.165, 1.54) is 0 Å². The summed E-state index contributed by atoms with van der Waals surface area (Å²) in [5.74, 6) is -0.575. The van der Waals surface area contributed by atoms with Gasteiger partial charge in [-0.05, 0) is 6.92 Å². The van der Waals surface area contributed by atoms with Crippen molar-refractivity contribution >= 4 is 24.1 Å². The Bertz CT molecular complexity index is 311. The van der Waals surface area contributed by atoms with Gasteiger partial charge in [-0.3, -0.25) is 5.41 Å². The van der Waals surface area contributed by atoms with Crippen molar-refractivity contribution in [1.82, 2.24) is 0 Å². The first-order chi connectivity index (χ1) is 6.25. The summed E-state index contributed by atoms with van der Waals surface area (Å²) in [5, 5.41) is 7.46. The number of carbonyl (C=O) groups is 1. The summed E-state index contributed by atoms with van der Waals surface area (Å²) < 4.78 is 4.69. The fourth-order valence-corrected chi connectivity index (χ4v) is 0.926. The van der Waals surface area contributed by atoms with Gasteiger partial charge in [-0.25, -0.2) is 4.79 Å². The smallest absolute Gasteiger partial charge is 0.356 e. The van der Waals surface area contributed by atoms with E-state index in [-0.39, 0.29) is 18.1 Å². The summed E-state index contributed by atoms with van der Waals surface area (Å²) in [6, 6.07) is 8.81. The molecule has 0 bridgehead atoms. The Morgan fingerprint density at radius 3 is 2.43 bits per heavy atom. The van der Waals surface area contributed by atoms with Gasteiger partial charge >= 0.3 is 5.97 Å². The molecule has 0 spiro atoms. The standard InChI is InChI=1S/C10H11NO2.ClH/c1-2-13-10(12)9(11)8-6-4-3-5-7-8;/h3-7,11H,2H2,1H3;1H. The number of benzene rings is 1. The Morgan fingerprint density at radius 1 is 1.36 bits per heavy atom. The lowest BCUT2D eigenvalue weighted by molar-refractivity contribution is -0.135. The summed E-state index contributed by atoms with van der Waals surface area (Å²) in [6.45, 7) is 2.02. The molecule has 0 saturated carbocycles. The van der Waals surface area contributed by atoms with Crippen molar-refractivity contribution in [1.29, 1.82) is 5.41 Å². The summed E-state index contributed by atoms with van der Waals surface area (Å²) in [4.78, 5) is 11.1. The van der Waals surface area contributed by atoms with Gasteiger partial charge in [-0.2, -0.15) is 0 Å². The first kappa shape index (κ1) is 12.7. The number of hydrogen-bond acceptors (Lipinski definition) is 3. The topological polar surface area (TPSA) is 50.2 Å². The van der Waals surface area contributed by atoms with Crippen LogP contribution in [0.1, 0.15) is 12.5 Å². The number of hydrogen-bond donors (Lipinski definition) is 1. The molecule has 0 radical (unpaired) electrons. The summed E-state index contributed by atoms with van der Waals surface area (Å²) in [7, 11) is 0. The Morgan fingerprint density at radius 2 is 1.93 bits per heavy atom. The van der Waals surface area contributed by atoms with Crippen LogP contribution >= 0.6 is 12.4 Å². The minimum Gasteiger partial charge on any atom is -0.461 e. The minimum atomic E-state index is -0.575. The van der Waals surface area contributed by atoms with Crippen LogP contribution in [0.4, 0.5) is 0 Å². The zero-order valence-electron chi connectivity index (χ0n) is 7.82. The molecule has 0 saturated heterocycles. The van der Waals surface area contributed by atoms with E-state index in [4.69, 9.17) is 10.1 Å². The maximum absolute atomic E-state index is 11.1. The first-order valence-electron chi connectivity index (χ1n) is 4.06. The highest BCUT2D eigenvalue weighted by Crippen LogP contribution is 2.00. The van der Waals surface area contributed by atoms with E-state index in [0.717, 1.165) is 0 Å². The quantitative estimate of drug-likeness (QED) is 0.617. The van der Waals surface area contributed by atoms with E-state index >= 15 is 0 Å². The molecule has 76 valence electrons. The van der Waals surface area contributed by atoms with Crippen LogP contribution in [0.3, 0.4) is 0 Å². The fraction of sp³-hybridized carbons (Fsp3) is 0.200. The molecule has 1 rings (SSSR count). The summed E-state index contributed by atoms with van der Waals surface area (Å²) in [5.41, 5.74) is 0.489.